The standard InChI is InChI=1S/C15H18NO4/c16-11(8-10-4-2-1-3-5-10)15(17)20-13-9-19-12-6-7-18-14(12)13/h1-6,11-14H,7-9,16H2/t11-,12+,13+,14+/m0/s1. The van der Waals surface area contributed by atoms with Gasteiger partial charge in [-0.05, 0) is 12.0 Å². The summed E-state index contributed by atoms with van der Waals surface area (Å²) in [6.07, 6.45) is 1.82. The van der Waals surface area contributed by atoms with Crippen LogP contribution in [-0.4, -0.2) is 43.5 Å². The Labute approximate surface area is 118 Å². The molecule has 2 N–H and O–H groups in total. The summed E-state index contributed by atoms with van der Waals surface area (Å²) >= 11 is 0. The van der Waals surface area contributed by atoms with E-state index in [1.807, 2.05) is 36.8 Å². The van der Waals surface area contributed by atoms with E-state index in [-0.39, 0.29) is 18.3 Å². The molecule has 4 atom stereocenters. The second-order valence-electron chi connectivity index (χ2n) is 5.10. The molecule has 1 aromatic carbocycles. The highest BCUT2D eigenvalue weighted by Gasteiger charge is 2.44. The van der Waals surface area contributed by atoms with Gasteiger partial charge < -0.3 is 19.9 Å². The topological polar surface area (TPSA) is 70.8 Å². The van der Waals surface area contributed by atoms with Crippen LogP contribution in [0.3, 0.4) is 0 Å². The molecule has 1 aromatic rings. The highest BCUT2D eigenvalue weighted by Crippen LogP contribution is 2.27. The van der Waals surface area contributed by atoms with Crippen LogP contribution in [0, 0.1) is 6.42 Å². The van der Waals surface area contributed by atoms with Crippen molar-refractivity contribution in [2.45, 2.75) is 30.8 Å². The van der Waals surface area contributed by atoms with Gasteiger partial charge in [0.25, 0.3) is 0 Å². The highest BCUT2D eigenvalue weighted by atomic mass is 16.6. The van der Waals surface area contributed by atoms with E-state index in [0.717, 1.165) is 5.56 Å². The first-order chi connectivity index (χ1) is 9.74. The Morgan fingerprint density at radius 3 is 2.95 bits per heavy atom. The fraction of sp³-hybridized carbons (Fsp3) is 0.467. The number of nitrogens with two attached hydrogens (primary N) is 1. The molecule has 0 unspecified atom stereocenters. The van der Waals surface area contributed by atoms with Crippen LogP contribution in [0.4, 0.5) is 0 Å². The smallest absolute Gasteiger partial charge is 0.323 e. The summed E-state index contributed by atoms with van der Waals surface area (Å²) in [5, 5.41) is 0. The predicted molar refractivity (Wildman–Crippen MR) is 71.8 cm³/mol. The number of hydrogen-bond acceptors (Lipinski definition) is 5. The van der Waals surface area contributed by atoms with Gasteiger partial charge in [-0.3, -0.25) is 4.79 Å². The summed E-state index contributed by atoms with van der Waals surface area (Å²) in [6, 6.07) is 8.99. The number of ether oxygens (including phenoxy) is 3. The maximum absolute atomic E-state index is 12.0. The Kier molecular flexibility index (Phi) is 4.00. The van der Waals surface area contributed by atoms with Gasteiger partial charge in [-0.25, -0.2) is 0 Å². The molecule has 0 saturated carbocycles. The van der Waals surface area contributed by atoms with Crippen molar-refractivity contribution in [1.82, 2.24) is 0 Å². The van der Waals surface area contributed by atoms with Crippen molar-refractivity contribution in [3.63, 3.8) is 0 Å². The van der Waals surface area contributed by atoms with E-state index in [4.69, 9.17) is 19.9 Å². The molecule has 2 heterocycles. The molecule has 107 valence electrons. The lowest BCUT2D eigenvalue weighted by Crippen LogP contribution is -2.40. The number of carbonyl (C=O) groups is 1. The van der Waals surface area contributed by atoms with Gasteiger partial charge in [0.15, 0.2) is 6.10 Å². The normalized spacial score (nSPS) is 29.9. The van der Waals surface area contributed by atoms with E-state index < -0.39 is 12.0 Å². The second kappa shape index (κ2) is 5.91. The third-order valence-corrected chi connectivity index (χ3v) is 3.63. The highest BCUT2D eigenvalue weighted by molar-refractivity contribution is 5.76. The zero-order valence-electron chi connectivity index (χ0n) is 11.1. The average molecular weight is 276 g/mol. The minimum atomic E-state index is -0.665. The molecule has 5 heteroatoms. The Bertz CT molecular complexity index is 464. The first kappa shape index (κ1) is 13.5. The number of hydrogen-bond donors (Lipinski definition) is 1. The fourth-order valence-corrected chi connectivity index (χ4v) is 2.56. The molecule has 5 nitrogen and oxygen atoms in total. The van der Waals surface area contributed by atoms with Gasteiger partial charge in [-0.15, -0.1) is 0 Å². The van der Waals surface area contributed by atoms with Crippen LogP contribution in [0.25, 0.3) is 0 Å². The first-order valence-corrected chi connectivity index (χ1v) is 6.80. The maximum Gasteiger partial charge on any atom is 0.323 e. The van der Waals surface area contributed by atoms with E-state index >= 15 is 0 Å². The number of benzene rings is 1. The molecule has 2 aliphatic heterocycles. The number of fused-ring (bicyclic) bond motifs is 1. The summed E-state index contributed by atoms with van der Waals surface area (Å²) in [5.74, 6) is -0.404. The largest absolute Gasteiger partial charge is 0.456 e. The lowest BCUT2D eigenvalue weighted by molar-refractivity contribution is -0.155. The molecule has 2 fully saturated rings. The summed E-state index contributed by atoms with van der Waals surface area (Å²) in [7, 11) is 0. The van der Waals surface area contributed by atoms with Crippen molar-refractivity contribution < 1.29 is 19.0 Å². The van der Waals surface area contributed by atoms with E-state index in [1.165, 1.54) is 0 Å². The fourth-order valence-electron chi connectivity index (χ4n) is 2.56. The lowest BCUT2D eigenvalue weighted by atomic mass is 10.1. The van der Waals surface area contributed by atoms with Gasteiger partial charge in [0.05, 0.1) is 19.3 Å². The number of esters is 1. The van der Waals surface area contributed by atoms with Crippen LogP contribution in [0.1, 0.15) is 5.56 Å². The van der Waals surface area contributed by atoms with Crippen LogP contribution < -0.4 is 5.73 Å². The molecule has 20 heavy (non-hydrogen) atoms. The molecule has 1 radical (unpaired) electrons. The molecule has 2 saturated heterocycles. The van der Waals surface area contributed by atoms with E-state index in [2.05, 4.69) is 0 Å². The Balaban J connectivity index is 1.54. The third-order valence-electron chi connectivity index (χ3n) is 3.63. The zero-order valence-corrected chi connectivity index (χ0v) is 11.1. The quantitative estimate of drug-likeness (QED) is 0.809. The van der Waals surface area contributed by atoms with Crippen LogP contribution in [-0.2, 0) is 25.4 Å². The van der Waals surface area contributed by atoms with E-state index in [0.29, 0.717) is 19.6 Å². The van der Waals surface area contributed by atoms with Crippen molar-refractivity contribution in [3.8, 4) is 0 Å². The SMILES string of the molecule is N[C@@H](Cc1ccccc1)C(=O)O[C@@H]1CO[C@@H]2[CH]CO[C@H]21. The third kappa shape index (κ3) is 2.85. The molecule has 3 rings (SSSR count). The summed E-state index contributed by atoms with van der Waals surface area (Å²) in [5.41, 5.74) is 6.92. The number of rotatable bonds is 4. The van der Waals surface area contributed by atoms with Crippen LogP contribution in [0.5, 0.6) is 0 Å². The minimum Gasteiger partial charge on any atom is -0.456 e. The van der Waals surface area contributed by atoms with Gasteiger partial charge in [-0.2, -0.15) is 0 Å². The van der Waals surface area contributed by atoms with E-state index in [9.17, 15) is 4.79 Å². The van der Waals surface area contributed by atoms with Crippen molar-refractivity contribution >= 4 is 5.97 Å². The molecular formula is C15H18NO4. The summed E-state index contributed by atoms with van der Waals surface area (Å²) in [6.45, 7) is 0.912. The monoisotopic (exact) mass is 276 g/mol. The lowest BCUT2D eigenvalue weighted by Gasteiger charge is -2.19. The van der Waals surface area contributed by atoms with Gasteiger partial charge in [0.1, 0.15) is 12.1 Å². The zero-order chi connectivity index (χ0) is 13.9. The predicted octanol–water partition coefficient (Wildman–Crippen LogP) is 0.470. The maximum atomic E-state index is 12.0. The summed E-state index contributed by atoms with van der Waals surface area (Å²) in [4.78, 5) is 12.0. The minimum absolute atomic E-state index is 0.0573. The Hall–Kier alpha value is -1.43. The van der Waals surface area contributed by atoms with Gasteiger partial charge in [-0.1, -0.05) is 30.3 Å². The van der Waals surface area contributed by atoms with E-state index in [1.54, 1.807) is 0 Å². The van der Waals surface area contributed by atoms with Crippen LogP contribution >= 0.6 is 0 Å². The van der Waals surface area contributed by atoms with Gasteiger partial charge in [0.2, 0.25) is 0 Å². The van der Waals surface area contributed by atoms with Gasteiger partial charge in [0, 0.05) is 6.42 Å². The van der Waals surface area contributed by atoms with Crippen LogP contribution in [0.15, 0.2) is 30.3 Å². The first-order valence-electron chi connectivity index (χ1n) is 6.80. The van der Waals surface area contributed by atoms with Crippen molar-refractivity contribution in [3.05, 3.63) is 42.3 Å². The number of carbonyl (C=O) groups excluding carboxylic acids is 1. The summed E-state index contributed by atoms with van der Waals surface area (Å²) < 4.78 is 16.4. The van der Waals surface area contributed by atoms with Crippen molar-refractivity contribution in [2.24, 2.45) is 5.73 Å². The molecule has 0 aliphatic carbocycles. The molecule has 2 aliphatic rings. The van der Waals surface area contributed by atoms with Gasteiger partial charge >= 0.3 is 5.97 Å². The molecule has 0 aromatic heterocycles. The second-order valence-corrected chi connectivity index (χ2v) is 5.10. The molecular weight excluding hydrogens is 258 g/mol. The molecule has 0 amide bonds. The molecule has 0 bridgehead atoms. The molecule has 0 spiro atoms. The van der Waals surface area contributed by atoms with Crippen LogP contribution in [0.2, 0.25) is 0 Å². The Morgan fingerprint density at radius 1 is 1.35 bits per heavy atom. The Morgan fingerprint density at radius 2 is 2.15 bits per heavy atom. The van der Waals surface area contributed by atoms with Crippen molar-refractivity contribution in [1.29, 1.82) is 0 Å². The average Bonchev–Trinajstić information content (AvgIpc) is 3.05. The van der Waals surface area contributed by atoms with Crippen molar-refractivity contribution in [2.75, 3.05) is 13.2 Å².